The van der Waals surface area contributed by atoms with Crippen molar-refractivity contribution >= 4 is 22.7 Å². The van der Waals surface area contributed by atoms with Crippen molar-refractivity contribution in [3.05, 3.63) is 34.4 Å². The molecule has 0 amide bonds. The minimum atomic E-state index is -0.433. The van der Waals surface area contributed by atoms with E-state index in [1.807, 2.05) is 6.92 Å². The van der Waals surface area contributed by atoms with E-state index < -0.39 is 5.82 Å². The van der Waals surface area contributed by atoms with Crippen LogP contribution >= 0.6 is 11.8 Å². The highest BCUT2D eigenvalue weighted by Gasteiger charge is 2.26. The van der Waals surface area contributed by atoms with Gasteiger partial charge in [-0.05, 0) is 38.0 Å². The summed E-state index contributed by atoms with van der Waals surface area (Å²) in [5, 5.41) is 11.1. The highest BCUT2D eigenvalue weighted by molar-refractivity contribution is 7.99. The molecule has 2 atom stereocenters. The molecule has 1 heterocycles. The van der Waals surface area contributed by atoms with E-state index in [-0.39, 0.29) is 16.9 Å². The van der Waals surface area contributed by atoms with Crippen LogP contribution in [0.15, 0.2) is 28.2 Å². The predicted octanol–water partition coefficient (Wildman–Crippen LogP) is 2.95. The first-order chi connectivity index (χ1) is 10.6. The number of hydrogen-bond donors (Lipinski definition) is 1. The Balaban J connectivity index is 2.05. The second kappa shape index (κ2) is 6.38. The lowest BCUT2D eigenvalue weighted by molar-refractivity contribution is 0.136. The minimum Gasteiger partial charge on any atom is -0.392 e. The van der Waals surface area contributed by atoms with Gasteiger partial charge >= 0.3 is 0 Å². The van der Waals surface area contributed by atoms with Gasteiger partial charge in [-0.2, -0.15) is 0 Å². The smallest absolute Gasteiger partial charge is 0.262 e. The molecule has 118 valence electrons. The fourth-order valence-corrected chi connectivity index (χ4v) is 4.23. The van der Waals surface area contributed by atoms with Crippen LogP contribution in [0.3, 0.4) is 0 Å². The van der Waals surface area contributed by atoms with Crippen LogP contribution in [0.2, 0.25) is 0 Å². The van der Waals surface area contributed by atoms with E-state index in [4.69, 9.17) is 0 Å². The molecular formula is C16H19FN2O2S. The monoisotopic (exact) mass is 322 g/mol. The Bertz CT molecular complexity index is 747. The first-order valence-electron chi connectivity index (χ1n) is 7.65. The van der Waals surface area contributed by atoms with Crippen molar-refractivity contribution in [2.75, 3.05) is 0 Å². The van der Waals surface area contributed by atoms with Crippen molar-refractivity contribution in [1.82, 2.24) is 9.55 Å². The fraction of sp³-hybridized carbons (Fsp3) is 0.500. The number of aliphatic hydroxyl groups is 1. The number of halogens is 1. The molecule has 2 aromatic rings. The number of fused-ring (bicyclic) bond motifs is 1. The second-order valence-electron chi connectivity index (χ2n) is 5.61. The topological polar surface area (TPSA) is 55.1 Å². The van der Waals surface area contributed by atoms with Crippen LogP contribution in [0, 0.1) is 5.82 Å². The maximum Gasteiger partial charge on any atom is 0.262 e. The molecule has 0 aliphatic heterocycles. The van der Waals surface area contributed by atoms with Gasteiger partial charge in [-0.15, -0.1) is 0 Å². The predicted molar refractivity (Wildman–Crippen MR) is 85.8 cm³/mol. The number of nitrogens with zero attached hydrogens (tertiary/aromatic N) is 2. The molecule has 0 bridgehead atoms. The van der Waals surface area contributed by atoms with E-state index in [9.17, 15) is 14.3 Å². The van der Waals surface area contributed by atoms with Gasteiger partial charge in [0.25, 0.3) is 5.56 Å². The zero-order valence-corrected chi connectivity index (χ0v) is 13.3. The van der Waals surface area contributed by atoms with E-state index in [2.05, 4.69) is 4.98 Å². The summed E-state index contributed by atoms with van der Waals surface area (Å²) in [6.45, 7) is 2.35. The van der Waals surface area contributed by atoms with Crippen molar-refractivity contribution < 1.29 is 9.50 Å². The summed E-state index contributed by atoms with van der Waals surface area (Å²) in [6, 6.07) is 4.09. The molecule has 22 heavy (non-hydrogen) atoms. The molecule has 1 fully saturated rings. The zero-order chi connectivity index (χ0) is 15.7. The van der Waals surface area contributed by atoms with Crippen molar-refractivity contribution in [2.24, 2.45) is 0 Å². The number of benzene rings is 1. The number of rotatable bonds is 3. The summed E-state index contributed by atoms with van der Waals surface area (Å²) in [6.07, 6.45) is 3.50. The Morgan fingerprint density at radius 3 is 2.91 bits per heavy atom. The average molecular weight is 322 g/mol. The van der Waals surface area contributed by atoms with Crippen LogP contribution in [-0.2, 0) is 6.54 Å². The molecule has 4 nitrogen and oxygen atoms in total. The molecule has 1 aromatic heterocycles. The van der Waals surface area contributed by atoms with Gasteiger partial charge in [-0.1, -0.05) is 24.6 Å². The third-order valence-corrected chi connectivity index (χ3v) is 5.50. The average Bonchev–Trinajstić information content (AvgIpc) is 2.51. The number of thioether (sulfide) groups is 1. The van der Waals surface area contributed by atoms with Crippen LogP contribution in [0.25, 0.3) is 10.9 Å². The van der Waals surface area contributed by atoms with Crippen molar-refractivity contribution in [3.63, 3.8) is 0 Å². The third-order valence-electron chi connectivity index (χ3n) is 4.12. The van der Waals surface area contributed by atoms with E-state index in [1.54, 1.807) is 4.57 Å². The summed E-state index contributed by atoms with van der Waals surface area (Å²) in [5.74, 6) is -0.433. The van der Waals surface area contributed by atoms with Crippen molar-refractivity contribution in [1.29, 1.82) is 0 Å². The van der Waals surface area contributed by atoms with E-state index >= 15 is 0 Å². The highest BCUT2D eigenvalue weighted by atomic mass is 32.2. The molecule has 1 aliphatic carbocycles. The molecule has 0 spiro atoms. The SMILES string of the molecule is CCn1c(SC2CCCCC2O)nc2ccc(F)cc2c1=O. The largest absolute Gasteiger partial charge is 0.392 e. The number of aliphatic hydroxyl groups excluding tert-OH is 1. The van der Waals surface area contributed by atoms with Crippen LogP contribution in [0.5, 0.6) is 0 Å². The van der Waals surface area contributed by atoms with Crippen molar-refractivity contribution in [3.8, 4) is 0 Å². The fourth-order valence-electron chi connectivity index (χ4n) is 2.89. The van der Waals surface area contributed by atoms with Crippen LogP contribution < -0.4 is 5.56 Å². The molecule has 6 heteroatoms. The summed E-state index contributed by atoms with van der Waals surface area (Å²) >= 11 is 1.47. The summed E-state index contributed by atoms with van der Waals surface area (Å²) < 4.78 is 14.9. The second-order valence-corrected chi connectivity index (χ2v) is 6.82. The number of hydrogen-bond acceptors (Lipinski definition) is 4. The minimum absolute atomic E-state index is 0.0661. The maximum atomic E-state index is 13.4. The normalized spacial score (nSPS) is 22.1. The van der Waals surface area contributed by atoms with Gasteiger partial charge < -0.3 is 5.11 Å². The standard InChI is InChI=1S/C16H19FN2O2S/c1-2-19-15(21)11-9-10(17)7-8-12(11)18-16(19)22-14-6-4-3-5-13(14)20/h7-9,13-14,20H,2-6H2,1H3. The Morgan fingerprint density at radius 1 is 1.41 bits per heavy atom. The quantitative estimate of drug-likeness (QED) is 0.883. The van der Waals surface area contributed by atoms with Gasteiger partial charge in [-0.25, -0.2) is 9.37 Å². The maximum absolute atomic E-state index is 13.4. The molecule has 1 N–H and O–H groups in total. The Hall–Kier alpha value is -1.40. The molecule has 1 aromatic carbocycles. The third kappa shape index (κ3) is 2.90. The summed E-state index contributed by atoms with van der Waals surface area (Å²) in [4.78, 5) is 17.1. The van der Waals surface area contributed by atoms with Gasteiger partial charge in [0.2, 0.25) is 0 Å². The summed E-state index contributed by atoms with van der Waals surface area (Å²) in [5.41, 5.74) is 0.281. The lowest BCUT2D eigenvalue weighted by Crippen LogP contribution is -2.29. The van der Waals surface area contributed by atoms with Crippen LogP contribution in [0.1, 0.15) is 32.6 Å². The van der Waals surface area contributed by atoms with Gasteiger partial charge in [0.1, 0.15) is 5.82 Å². The molecule has 1 aliphatic rings. The van der Waals surface area contributed by atoms with Gasteiger partial charge in [0.15, 0.2) is 5.16 Å². The summed E-state index contributed by atoms with van der Waals surface area (Å²) in [7, 11) is 0. The van der Waals surface area contributed by atoms with Gasteiger partial charge in [0, 0.05) is 11.8 Å². The lowest BCUT2D eigenvalue weighted by atomic mass is 9.97. The van der Waals surface area contributed by atoms with Gasteiger partial charge in [0.05, 0.1) is 17.0 Å². The van der Waals surface area contributed by atoms with E-state index in [1.165, 1.54) is 30.0 Å². The lowest BCUT2D eigenvalue weighted by Gasteiger charge is -2.27. The molecule has 0 radical (unpaired) electrons. The number of aromatic nitrogens is 2. The van der Waals surface area contributed by atoms with E-state index in [0.717, 1.165) is 25.7 Å². The molecule has 3 rings (SSSR count). The Morgan fingerprint density at radius 2 is 2.18 bits per heavy atom. The first-order valence-corrected chi connectivity index (χ1v) is 8.53. The molecule has 1 saturated carbocycles. The van der Waals surface area contributed by atoms with Gasteiger partial charge in [-0.3, -0.25) is 9.36 Å². The van der Waals surface area contributed by atoms with Crippen LogP contribution in [0.4, 0.5) is 4.39 Å². The Labute approximate surface area is 132 Å². The molecular weight excluding hydrogens is 303 g/mol. The zero-order valence-electron chi connectivity index (χ0n) is 12.5. The molecule has 0 saturated heterocycles. The Kier molecular flexibility index (Phi) is 4.49. The van der Waals surface area contributed by atoms with Crippen LogP contribution in [-0.4, -0.2) is 26.0 Å². The molecule has 2 unspecified atom stereocenters. The van der Waals surface area contributed by atoms with Crippen molar-refractivity contribution in [2.45, 2.75) is 55.7 Å². The highest BCUT2D eigenvalue weighted by Crippen LogP contribution is 2.33. The van der Waals surface area contributed by atoms with E-state index in [0.29, 0.717) is 22.6 Å². The first kappa shape index (κ1) is 15.5.